The Balaban J connectivity index is 2.01. The molecule has 2 aromatic heterocycles. The number of alkyl halides is 3. The zero-order valence-corrected chi connectivity index (χ0v) is 9.51. The van der Waals surface area contributed by atoms with E-state index < -0.39 is 12.0 Å². The Hall–Kier alpha value is -1.64. The Labute approximate surface area is 98.5 Å². The topological polar surface area (TPSA) is 55.6 Å². The van der Waals surface area contributed by atoms with Crippen LogP contribution in [0.25, 0.3) is 0 Å². The monoisotopic (exact) mass is 263 g/mol. The van der Waals surface area contributed by atoms with Crippen LogP contribution in [-0.4, -0.2) is 19.1 Å². The van der Waals surface area contributed by atoms with Gasteiger partial charge in [0.25, 0.3) is 0 Å². The molecule has 1 N–H and O–H groups in total. The Kier molecular flexibility index (Phi) is 3.01. The largest absolute Gasteiger partial charge is 0.452 e. The van der Waals surface area contributed by atoms with Crippen molar-refractivity contribution in [1.82, 2.24) is 19.1 Å². The van der Waals surface area contributed by atoms with Crippen molar-refractivity contribution in [3.8, 4) is 0 Å². The van der Waals surface area contributed by atoms with Gasteiger partial charge in [0.15, 0.2) is 0 Å². The number of nitrogens with zero attached hydrogens (tertiary/aromatic N) is 4. The fourth-order valence-electron chi connectivity index (χ4n) is 1.15. The number of hydrogen-bond donors (Lipinski definition) is 1. The molecule has 0 aliphatic rings. The Morgan fingerprint density at radius 1 is 1.47 bits per heavy atom. The molecule has 5 nitrogen and oxygen atoms in total. The van der Waals surface area contributed by atoms with Crippen LogP contribution in [-0.2, 0) is 19.8 Å². The first kappa shape index (κ1) is 11.8. The second kappa shape index (κ2) is 4.32. The molecule has 0 aliphatic carbocycles. The molecule has 0 bridgehead atoms. The predicted octanol–water partition coefficient (Wildman–Crippen LogP) is 1.90. The van der Waals surface area contributed by atoms with Crippen LogP contribution in [0, 0.1) is 0 Å². The molecule has 0 saturated carbocycles. The smallest absolute Gasteiger partial charge is 0.355 e. The zero-order valence-electron chi connectivity index (χ0n) is 8.69. The molecule has 0 saturated heterocycles. The van der Waals surface area contributed by atoms with Crippen molar-refractivity contribution >= 4 is 16.7 Å². The molecule has 0 unspecified atom stereocenters. The quantitative estimate of drug-likeness (QED) is 0.919. The summed E-state index contributed by atoms with van der Waals surface area (Å²) in [7, 11) is 1.75. The van der Waals surface area contributed by atoms with Crippen molar-refractivity contribution in [3.05, 3.63) is 23.8 Å². The molecule has 2 aromatic rings. The first-order chi connectivity index (χ1) is 7.97. The van der Waals surface area contributed by atoms with E-state index in [4.69, 9.17) is 0 Å². The minimum Gasteiger partial charge on any atom is -0.355 e. The lowest BCUT2D eigenvalue weighted by molar-refractivity contribution is -0.144. The van der Waals surface area contributed by atoms with E-state index in [1.54, 1.807) is 24.0 Å². The maximum Gasteiger partial charge on any atom is 0.452 e. The van der Waals surface area contributed by atoms with E-state index >= 15 is 0 Å². The van der Waals surface area contributed by atoms with Gasteiger partial charge < -0.3 is 5.32 Å². The van der Waals surface area contributed by atoms with Crippen molar-refractivity contribution in [2.45, 2.75) is 12.7 Å². The maximum absolute atomic E-state index is 12.2. The number of aryl methyl sites for hydroxylation is 1. The van der Waals surface area contributed by atoms with Gasteiger partial charge in [0, 0.05) is 24.8 Å². The highest BCUT2D eigenvalue weighted by Crippen LogP contribution is 2.28. The average molecular weight is 263 g/mol. The highest BCUT2D eigenvalue weighted by molar-refractivity contribution is 7.09. The second-order valence-electron chi connectivity index (χ2n) is 3.22. The third-order valence-electron chi connectivity index (χ3n) is 2.02. The number of anilines is 1. The second-order valence-corrected chi connectivity index (χ2v) is 3.97. The van der Waals surface area contributed by atoms with E-state index in [1.807, 2.05) is 0 Å². The average Bonchev–Trinajstić information content (AvgIpc) is 2.82. The van der Waals surface area contributed by atoms with E-state index in [2.05, 4.69) is 19.8 Å². The van der Waals surface area contributed by atoms with E-state index in [0.717, 1.165) is 5.69 Å². The summed E-state index contributed by atoms with van der Waals surface area (Å²) in [6, 6.07) is 1.76. The van der Waals surface area contributed by atoms with E-state index in [0.29, 0.717) is 18.1 Å². The molecule has 0 aromatic carbocycles. The van der Waals surface area contributed by atoms with Gasteiger partial charge in [0.05, 0.1) is 12.2 Å². The molecule has 0 amide bonds. The van der Waals surface area contributed by atoms with E-state index in [-0.39, 0.29) is 5.13 Å². The van der Waals surface area contributed by atoms with Gasteiger partial charge in [-0.15, -0.1) is 0 Å². The molecule has 2 rings (SSSR count). The van der Waals surface area contributed by atoms with Crippen LogP contribution in [0.4, 0.5) is 18.3 Å². The van der Waals surface area contributed by atoms with Crippen molar-refractivity contribution in [3.63, 3.8) is 0 Å². The molecule has 2 heterocycles. The summed E-state index contributed by atoms with van der Waals surface area (Å²) < 4.78 is 41.5. The van der Waals surface area contributed by atoms with Crippen molar-refractivity contribution in [1.29, 1.82) is 0 Å². The van der Waals surface area contributed by atoms with Crippen molar-refractivity contribution in [2.75, 3.05) is 5.32 Å². The van der Waals surface area contributed by atoms with Crippen LogP contribution in [0.5, 0.6) is 0 Å². The summed E-state index contributed by atoms with van der Waals surface area (Å²) in [5.41, 5.74) is 0.841. The molecular weight excluding hydrogens is 255 g/mol. The fraction of sp³-hybridized carbons (Fsp3) is 0.375. The highest BCUT2D eigenvalue weighted by Gasteiger charge is 2.36. The molecule has 0 atom stereocenters. The summed E-state index contributed by atoms with van der Waals surface area (Å²) >= 11 is 0.682. The first-order valence-electron chi connectivity index (χ1n) is 4.58. The van der Waals surface area contributed by atoms with Gasteiger partial charge in [-0.1, -0.05) is 0 Å². The van der Waals surface area contributed by atoms with Crippen LogP contribution in [0.1, 0.15) is 11.5 Å². The normalized spacial score (nSPS) is 11.8. The Morgan fingerprint density at radius 3 is 2.76 bits per heavy atom. The van der Waals surface area contributed by atoms with Gasteiger partial charge in [-0.2, -0.15) is 27.6 Å². The van der Waals surface area contributed by atoms with Crippen LogP contribution in [0.2, 0.25) is 0 Å². The molecule has 92 valence electrons. The molecule has 17 heavy (non-hydrogen) atoms. The number of aromatic nitrogens is 4. The molecule has 0 fully saturated rings. The number of nitrogens with one attached hydrogen (secondary N) is 1. The van der Waals surface area contributed by atoms with Gasteiger partial charge in [-0.05, 0) is 6.07 Å². The lowest BCUT2D eigenvalue weighted by Crippen LogP contribution is -2.08. The number of hydrogen-bond acceptors (Lipinski definition) is 5. The summed E-state index contributed by atoms with van der Waals surface area (Å²) in [6.45, 7) is 0.350. The summed E-state index contributed by atoms with van der Waals surface area (Å²) in [5.74, 6) is -1.12. The van der Waals surface area contributed by atoms with Gasteiger partial charge >= 0.3 is 6.18 Å². The summed E-state index contributed by atoms with van der Waals surface area (Å²) in [5, 5.41) is 6.84. The number of rotatable bonds is 3. The van der Waals surface area contributed by atoms with E-state index in [1.165, 1.54) is 0 Å². The van der Waals surface area contributed by atoms with Gasteiger partial charge in [0.1, 0.15) is 0 Å². The van der Waals surface area contributed by atoms with Crippen molar-refractivity contribution in [2.24, 2.45) is 7.05 Å². The van der Waals surface area contributed by atoms with Gasteiger partial charge in [0.2, 0.25) is 11.0 Å². The third-order valence-corrected chi connectivity index (χ3v) is 2.70. The Morgan fingerprint density at radius 2 is 2.24 bits per heavy atom. The fourth-order valence-corrected chi connectivity index (χ4v) is 1.73. The molecule has 0 spiro atoms. The zero-order chi connectivity index (χ0) is 12.5. The third kappa shape index (κ3) is 2.73. The minimum absolute atomic E-state index is 0.138. The minimum atomic E-state index is -4.50. The molecule has 9 heteroatoms. The maximum atomic E-state index is 12.2. The predicted molar refractivity (Wildman–Crippen MR) is 55.4 cm³/mol. The highest BCUT2D eigenvalue weighted by atomic mass is 32.1. The standard InChI is InChI=1S/C8H8F3N5S/c1-16-5(2-3-13-16)4-12-7-14-6(15-17-7)8(9,10)11/h2-3H,4H2,1H3,(H,12,14,15). The van der Waals surface area contributed by atoms with E-state index in [9.17, 15) is 13.2 Å². The van der Waals surface area contributed by atoms with Gasteiger partial charge in [-0.3, -0.25) is 4.68 Å². The summed E-state index contributed by atoms with van der Waals surface area (Å²) in [4.78, 5) is 3.35. The van der Waals surface area contributed by atoms with Crippen LogP contribution >= 0.6 is 11.5 Å². The molecule has 0 aliphatic heterocycles. The van der Waals surface area contributed by atoms with Gasteiger partial charge in [-0.25, -0.2) is 0 Å². The van der Waals surface area contributed by atoms with Crippen LogP contribution in [0.15, 0.2) is 12.3 Å². The van der Waals surface area contributed by atoms with Crippen molar-refractivity contribution < 1.29 is 13.2 Å². The summed E-state index contributed by atoms with van der Waals surface area (Å²) in [6.07, 6.45) is -2.89. The number of halogens is 3. The lowest BCUT2D eigenvalue weighted by Gasteiger charge is -2.02. The Bertz CT molecular complexity index is 503. The SMILES string of the molecule is Cn1nccc1CNc1nc(C(F)(F)F)ns1. The molecule has 0 radical (unpaired) electrons. The molecular formula is C8H8F3N5S. The van der Waals surface area contributed by atoms with Crippen LogP contribution < -0.4 is 5.32 Å². The lowest BCUT2D eigenvalue weighted by atomic mass is 10.4. The van der Waals surface area contributed by atoms with Crippen LogP contribution in [0.3, 0.4) is 0 Å². The first-order valence-corrected chi connectivity index (χ1v) is 5.36.